The van der Waals surface area contributed by atoms with Gasteiger partial charge in [-0.3, -0.25) is 9.59 Å². The SMILES string of the molecule is CCCCNC(=O)C1CC(=O)N(CCN(C)C)C1. The van der Waals surface area contributed by atoms with Crippen LogP contribution in [-0.2, 0) is 9.59 Å². The fourth-order valence-electron chi connectivity index (χ4n) is 2.02. The van der Waals surface area contributed by atoms with Crippen molar-refractivity contribution in [1.82, 2.24) is 15.1 Å². The minimum atomic E-state index is -0.156. The van der Waals surface area contributed by atoms with Crippen molar-refractivity contribution >= 4 is 11.8 Å². The summed E-state index contributed by atoms with van der Waals surface area (Å²) in [5.41, 5.74) is 0. The average molecular weight is 255 g/mol. The molecule has 1 N–H and O–H groups in total. The molecule has 5 nitrogen and oxygen atoms in total. The van der Waals surface area contributed by atoms with E-state index < -0.39 is 0 Å². The Morgan fingerprint density at radius 1 is 1.50 bits per heavy atom. The molecule has 5 heteroatoms. The van der Waals surface area contributed by atoms with E-state index in [-0.39, 0.29) is 17.7 Å². The van der Waals surface area contributed by atoms with Gasteiger partial charge in [-0.1, -0.05) is 13.3 Å². The topological polar surface area (TPSA) is 52.7 Å². The van der Waals surface area contributed by atoms with Crippen LogP contribution in [0, 0.1) is 5.92 Å². The Kier molecular flexibility index (Phi) is 6.12. The number of carbonyl (C=O) groups excluding carboxylic acids is 2. The van der Waals surface area contributed by atoms with Crippen LogP contribution in [0.5, 0.6) is 0 Å². The van der Waals surface area contributed by atoms with Gasteiger partial charge < -0.3 is 15.1 Å². The molecule has 0 spiro atoms. The van der Waals surface area contributed by atoms with Crippen LogP contribution >= 0.6 is 0 Å². The third kappa shape index (κ3) is 4.64. The van der Waals surface area contributed by atoms with Crippen molar-refractivity contribution < 1.29 is 9.59 Å². The molecular weight excluding hydrogens is 230 g/mol. The summed E-state index contributed by atoms with van der Waals surface area (Å²) >= 11 is 0. The Morgan fingerprint density at radius 2 is 2.22 bits per heavy atom. The zero-order valence-corrected chi connectivity index (χ0v) is 11.7. The molecule has 0 aromatic carbocycles. The second-order valence-corrected chi connectivity index (χ2v) is 5.19. The minimum absolute atomic E-state index is 0.0316. The van der Waals surface area contributed by atoms with Crippen molar-refractivity contribution in [2.24, 2.45) is 5.92 Å². The molecular formula is C13H25N3O2. The van der Waals surface area contributed by atoms with Crippen molar-refractivity contribution in [3.8, 4) is 0 Å². The van der Waals surface area contributed by atoms with Gasteiger partial charge in [0, 0.05) is 32.6 Å². The van der Waals surface area contributed by atoms with Crippen molar-refractivity contribution in [1.29, 1.82) is 0 Å². The summed E-state index contributed by atoms with van der Waals surface area (Å²) < 4.78 is 0. The van der Waals surface area contributed by atoms with Gasteiger partial charge in [0.15, 0.2) is 0 Å². The van der Waals surface area contributed by atoms with Gasteiger partial charge in [0.1, 0.15) is 0 Å². The highest BCUT2D eigenvalue weighted by Gasteiger charge is 2.33. The Morgan fingerprint density at radius 3 is 2.83 bits per heavy atom. The van der Waals surface area contributed by atoms with Crippen molar-refractivity contribution in [2.45, 2.75) is 26.2 Å². The van der Waals surface area contributed by atoms with E-state index in [9.17, 15) is 9.59 Å². The summed E-state index contributed by atoms with van der Waals surface area (Å²) in [7, 11) is 3.96. The molecule has 1 atom stereocenters. The molecule has 1 fully saturated rings. The lowest BCUT2D eigenvalue weighted by molar-refractivity contribution is -0.129. The average Bonchev–Trinajstić information content (AvgIpc) is 2.68. The van der Waals surface area contributed by atoms with E-state index in [1.54, 1.807) is 4.90 Å². The molecule has 1 aliphatic heterocycles. The molecule has 1 saturated heterocycles. The van der Waals surface area contributed by atoms with Crippen LogP contribution in [0.2, 0.25) is 0 Å². The molecule has 18 heavy (non-hydrogen) atoms. The first-order valence-electron chi connectivity index (χ1n) is 6.74. The Labute approximate surface area is 110 Å². The van der Waals surface area contributed by atoms with Gasteiger partial charge in [0.2, 0.25) is 11.8 Å². The number of nitrogens with zero attached hydrogens (tertiary/aromatic N) is 2. The van der Waals surface area contributed by atoms with Crippen LogP contribution in [0.15, 0.2) is 0 Å². The third-order valence-electron chi connectivity index (χ3n) is 3.23. The highest BCUT2D eigenvalue weighted by atomic mass is 16.2. The number of hydrogen-bond acceptors (Lipinski definition) is 3. The second-order valence-electron chi connectivity index (χ2n) is 5.19. The summed E-state index contributed by atoms with van der Waals surface area (Å²) in [5, 5.41) is 2.90. The van der Waals surface area contributed by atoms with E-state index in [1.165, 1.54) is 0 Å². The van der Waals surface area contributed by atoms with E-state index in [0.717, 1.165) is 25.9 Å². The summed E-state index contributed by atoms with van der Waals surface area (Å²) in [6.07, 6.45) is 2.43. The summed E-state index contributed by atoms with van der Waals surface area (Å²) in [4.78, 5) is 27.4. The number of carbonyl (C=O) groups is 2. The van der Waals surface area contributed by atoms with Gasteiger partial charge >= 0.3 is 0 Å². The van der Waals surface area contributed by atoms with Crippen molar-refractivity contribution in [3.05, 3.63) is 0 Å². The normalized spacial score (nSPS) is 19.7. The van der Waals surface area contributed by atoms with Crippen molar-refractivity contribution in [2.75, 3.05) is 40.3 Å². The van der Waals surface area contributed by atoms with Crippen LogP contribution in [0.3, 0.4) is 0 Å². The molecule has 0 aliphatic carbocycles. The van der Waals surface area contributed by atoms with Gasteiger partial charge in [0.25, 0.3) is 0 Å². The molecule has 0 saturated carbocycles. The first kappa shape index (κ1) is 15.0. The number of likely N-dealkylation sites (tertiary alicyclic amines) is 1. The molecule has 2 amide bonds. The highest BCUT2D eigenvalue weighted by molar-refractivity contribution is 5.89. The van der Waals surface area contributed by atoms with Crippen LogP contribution in [-0.4, -0.2) is 61.9 Å². The Hall–Kier alpha value is -1.10. The second kappa shape index (κ2) is 7.36. The number of likely N-dealkylation sites (N-methyl/N-ethyl adjacent to an activating group) is 1. The number of unbranched alkanes of at least 4 members (excludes halogenated alkanes) is 1. The lowest BCUT2D eigenvalue weighted by Crippen LogP contribution is -2.35. The lowest BCUT2D eigenvalue weighted by atomic mass is 10.1. The maximum Gasteiger partial charge on any atom is 0.225 e. The van der Waals surface area contributed by atoms with E-state index in [0.29, 0.717) is 19.5 Å². The molecule has 0 aromatic rings. The lowest BCUT2D eigenvalue weighted by Gasteiger charge is -2.19. The standard InChI is InChI=1S/C13H25N3O2/c1-4-5-6-14-13(18)11-9-12(17)16(10-11)8-7-15(2)3/h11H,4-10H2,1-3H3,(H,14,18). The fourth-order valence-corrected chi connectivity index (χ4v) is 2.02. The van der Waals surface area contributed by atoms with Gasteiger partial charge in [-0.15, -0.1) is 0 Å². The van der Waals surface area contributed by atoms with Crippen LogP contribution in [0.25, 0.3) is 0 Å². The summed E-state index contributed by atoms with van der Waals surface area (Å²) in [6, 6.07) is 0. The maximum absolute atomic E-state index is 11.8. The largest absolute Gasteiger partial charge is 0.356 e. The van der Waals surface area contributed by atoms with E-state index in [2.05, 4.69) is 12.2 Å². The molecule has 0 radical (unpaired) electrons. The van der Waals surface area contributed by atoms with Gasteiger partial charge in [0.05, 0.1) is 5.92 Å². The fraction of sp³-hybridized carbons (Fsp3) is 0.846. The van der Waals surface area contributed by atoms with Gasteiger partial charge in [-0.2, -0.15) is 0 Å². The molecule has 0 bridgehead atoms. The Balaban J connectivity index is 2.33. The summed E-state index contributed by atoms with van der Waals surface area (Å²) in [6.45, 7) is 4.94. The zero-order valence-electron chi connectivity index (χ0n) is 11.7. The monoisotopic (exact) mass is 255 g/mol. The third-order valence-corrected chi connectivity index (χ3v) is 3.23. The molecule has 104 valence electrons. The number of amides is 2. The molecule has 1 unspecified atom stereocenters. The highest BCUT2D eigenvalue weighted by Crippen LogP contribution is 2.17. The first-order chi connectivity index (χ1) is 8.54. The quantitative estimate of drug-likeness (QED) is 0.666. The predicted octanol–water partition coefficient (Wildman–Crippen LogP) is 0.313. The molecule has 1 rings (SSSR count). The number of hydrogen-bond donors (Lipinski definition) is 1. The van der Waals surface area contributed by atoms with Gasteiger partial charge in [-0.25, -0.2) is 0 Å². The van der Waals surface area contributed by atoms with Crippen LogP contribution < -0.4 is 5.32 Å². The minimum Gasteiger partial charge on any atom is -0.356 e. The van der Waals surface area contributed by atoms with E-state index in [1.807, 2.05) is 19.0 Å². The van der Waals surface area contributed by atoms with Crippen LogP contribution in [0.4, 0.5) is 0 Å². The smallest absolute Gasteiger partial charge is 0.225 e. The molecule has 0 aromatic heterocycles. The zero-order chi connectivity index (χ0) is 13.5. The first-order valence-corrected chi connectivity index (χ1v) is 6.74. The number of nitrogens with one attached hydrogen (secondary N) is 1. The maximum atomic E-state index is 11.8. The summed E-state index contributed by atoms with van der Waals surface area (Å²) in [5.74, 6) is -0.0202. The van der Waals surface area contributed by atoms with E-state index in [4.69, 9.17) is 0 Å². The van der Waals surface area contributed by atoms with Crippen LogP contribution in [0.1, 0.15) is 26.2 Å². The van der Waals surface area contributed by atoms with Crippen molar-refractivity contribution in [3.63, 3.8) is 0 Å². The molecule has 1 aliphatic rings. The van der Waals surface area contributed by atoms with Gasteiger partial charge in [-0.05, 0) is 20.5 Å². The van der Waals surface area contributed by atoms with E-state index >= 15 is 0 Å². The number of rotatable bonds is 7. The Bertz CT molecular complexity index is 292. The molecule has 1 heterocycles. The predicted molar refractivity (Wildman–Crippen MR) is 71.2 cm³/mol.